The van der Waals surface area contributed by atoms with Crippen LogP contribution in [0.15, 0.2) is 10.3 Å². The molecule has 0 aliphatic carbocycles. The largest absolute Gasteiger partial charge is 0.379 e. The van der Waals surface area contributed by atoms with Crippen molar-refractivity contribution in [2.45, 2.75) is 11.1 Å². The number of sulfonamides is 1. The topological polar surface area (TPSA) is 70.4 Å². The molecule has 1 saturated heterocycles. The van der Waals surface area contributed by atoms with Gasteiger partial charge in [-0.1, -0.05) is 0 Å². The molecule has 2 rings (SSSR count). The van der Waals surface area contributed by atoms with Gasteiger partial charge in [0.2, 0.25) is 0 Å². The van der Waals surface area contributed by atoms with Gasteiger partial charge in [0.05, 0.1) is 18.8 Å². The zero-order valence-corrected chi connectivity index (χ0v) is 11.0. The van der Waals surface area contributed by atoms with E-state index in [1.807, 2.05) is 6.07 Å². The summed E-state index contributed by atoms with van der Waals surface area (Å²) in [6, 6.07) is 3.54. The summed E-state index contributed by atoms with van der Waals surface area (Å²) in [5, 5.41) is 8.94. The number of ether oxygens (including phenoxy) is 1. The third kappa shape index (κ3) is 2.35. The van der Waals surface area contributed by atoms with Crippen LogP contribution < -0.4 is 0 Å². The van der Waals surface area contributed by atoms with Gasteiger partial charge in [0.1, 0.15) is 6.07 Å². The second kappa shape index (κ2) is 4.74. The second-order valence-corrected chi connectivity index (χ2v) is 7.08. The molecule has 0 saturated carbocycles. The Hall–Kier alpha value is -0.940. The van der Waals surface area contributed by atoms with Crippen molar-refractivity contribution < 1.29 is 13.2 Å². The minimum absolute atomic E-state index is 0.152. The molecule has 0 bridgehead atoms. The van der Waals surface area contributed by atoms with Crippen molar-refractivity contribution in [1.82, 2.24) is 4.31 Å². The van der Waals surface area contributed by atoms with Gasteiger partial charge in [0.15, 0.2) is 4.21 Å². The quantitative estimate of drug-likeness (QED) is 0.803. The van der Waals surface area contributed by atoms with Crippen LogP contribution >= 0.6 is 11.3 Å². The van der Waals surface area contributed by atoms with Gasteiger partial charge in [-0.3, -0.25) is 0 Å². The fourth-order valence-corrected chi connectivity index (χ4v) is 4.73. The summed E-state index contributed by atoms with van der Waals surface area (Å²) in [6.45, 7) is 3.31. The minimum atomic E-state index is -3.53. The Morgan fingerprint density at radius 3 is 2.71 bits per heavy atom. The molecular formula is C10H12N2O3S2. The summed E-state index contributed by atoms with van der Waals surface area (Å²) >= 11 is 1.15. The van der Waals surface area contributed by atoms with E-state index in [0.717, 1.165) is 16.2 Å². The van der Waals surface area contributed by atoms with Crippen molar-refractivity contribution in [3.63, 3.8) is 0 Å². The van der Waals surface area contributed by atoms with E-state index in [0.29, 0.717) is 26.3 Å². The Morgan fingerprint density at radius 1 is 1.47 bits per heavy atom. The van der Waals surface area contributed by atoms with Gasteiger partial charge in [-0.15, -0.1) is 11.3 Å². The number of nitriles is 1. The van der Waals surface area contributed by atoms with Crippen molar-refractivity contribution in [3.05, 3.63) is 16.5 Å². The van der Waals surface area contributed by atoms with E-state index in [4.69, 9.17) is 10.00 Å². The van der Waals surface area contributed by atoms with Crippen LogP contribution in [-0.4, -0.2) is 39.0 Å². The molecule has 2 heterocycles. The molecule has 0 aromatic carbocycles. The molecular weight excluding hydrogens is 260 g/mol. The summed E-state index contributed by atoms with van der Waals surface area (Å²) in [6.07, 6.45) is 0. The van der Waals surface area contributed by atoms with Crippen LogP contribution in [0.25, 0.3) is 0 Å². The lowest BCUT2D eigenvalue weighted by Crippen LogP contribution is -2.40. The predicted molar refractivity (Wildman–Crippen MR) is 63.3 cm³/mol. The lowest BCUT2D eigenvalue weighted by molar-refractivity contribution is 0.0731. The molecule has 0 atom stereocenters. The molecule has 0 N–H and O–H groups in total. The third-order valence-corrected chi connectivity index (χ3v) is 5.95. The van der Waals surface area contributed by atoms with Gasteiger partial charge >= 0.3 is 0 Å². The van der Waals surface area contributed by atoms with Gasteiger partial charge in [-0.05, 0) is 13.0 Å². The Kier molecular flexibility index (Phi) is 3.49. The summed E-state index contributed by atoms with van der Waals surface area (Å²) in [5.41, 5.74) is 0.235. The van der Waals surface area contributed by atoms with Gasteiger partial charge in [-0.25, -0.2) is 8.42 Å². The molecule has 7 heteroatoms. The molecule has 92 valence electrons. The lowest BCUT2D eigenvalue weighted by atomic mass is 10.3. The zero-order valence-electron chi connectivity index (χ0n) is 9.34. The Balaban J connectivity index is 2.40. The molecule has 5 nitrogen and oxygen atoms in total. The average molecular weight is 272 g/mol. The van der Waals surface area contributed by atoms with E-state index in [2.05, 4.69) is 0 Å². The fraction of sp³-hybridized carbons (Fsp3) is 0.500. The predicted octanol–water partition coefficient (Wildman–Crippen LogP) is 0.949. The van der Waals surface area contributed by atoms with Crippen LogP contribution in [0.1, 0.15) is 10.4 Å². The number of hydrogen-bond donors (Lipinski definition) is 0. The maximum Gasteiger partial charge on any atom is 0.254 e. The first-order chi connectivity index (χ1) is 8.05. The molecule has 1 aliphatic rings. The zero-order chi connectivity index (χ0) is 12.5. The smallest absolute Gasteiger partial charge is 0.254 e. The van der Waals surface area contributed by atoms with Crippen molar-refractivity contribution in [3.8, 4) is 6.07 Å². The molecule has 1 fully saturated rings. The SMILES string of the molecule is Cc1cc(C#N)c(S(=O)(=O)N2CCOCC2)s1. The van der Waals surface area contributed by atoms with E-state index in [1.54, 1.807) is 13.0 Å². The molecule has 17 heavy (non-hydrogen) atoms. The summed E-state index contributed by atoms with van der Waals surface area (Å²) < 4.78 is 31.3. The lowest BCUT2D eigenvalue weighted by Gasteiger charge is -2.25. The number of hydrogen-bond acceptors (Lipinski definition) is 5. The second-order valence-electron chi connectivity index (χ2n) is 3.69. The average Bonchev–Trinajstić information content (AvgIpc) is 2.72. The van der Waals surface area contributed by atoms with Crippen molar-refractivity contribution >= 4 is 21.4 Å². The highest BCUT2D eigenvalue weighted by molar-refractivity contribution is 7.91. The minimum Gasteiger partial charge on any atom is -0.379 e. The number of rotatable bonds is 2. The molecule has 0 spiro atoms. The van der Waals surface area contributed by atoms with Gasteiger partial charge in [0, 0.05) is 18.0 Å². The molecule has 0 amide bonds. The molecule has 1 aliphatic heterocycles. The number of aryl methyl sites for hydroxylation is 1. The fourth-order valence-electron chi connectivity index (χ4n) is 1.67. The van der Waals surface area contributed by atoms with E-state index in [1.165, 1.54) is 4.31 Å². The molecule has 1 aromatic rings. The van der Waals surface area contributed by atoms with E-state index in [9.17, 15) is 8.42 Å². The normalized spacial score (nSPS) is 17.9. The first-order valence-electron chi connectivity index (χ1n) is 5.14. The van der Waals surface area contributed by atoms with Crippen LogP contribution in [0.3, 0.4) is 0 Å². The van der Waals surface area contributed by atoms with Crippen molar-refractivity contribution in [2.24, 2.45) is 0 Å². The highest BCUT2D eigenvalue weighted by Crippen LogP contribution is 2.29. The summed E-state index contributed by atoms with van der Waals surface area (Å²) in [7, 11) is -3.53. The molecule has 1 aromatic heterocycles. The Morgan fingerprint density at radius 2 is 2.12 bits per heavy atom. The number of nitrogens with zero attached hydrogens (tertiary/aromatic N) is 2. The molecule has 0 radical (unpaired) electrons. The van der Waals surface area contributed by atoms with E-state index < -0.39 is 10.0 Å². The van der Waals surface area contributed by atoms with E-state index in [-0.39, 0.29) is 9.77 Å². The first kappa shape index (κ1) is 12.5. The van der Waals surface area contributed by atoms with Crippen LogP contribution in [-0.2, 0) is 14.8 Å². The Labute approximate surface area is 104 Å². The monoisotopic (exact) mass is 272 g/mol. The summed E-state index contributed by atoms with van der Waals surface area (Å²) in [5.74, 6) is 0. The highest BCUT2D eigenvalue weighted by Gasteiger charge is 2.30. The third-order valence-electron chi connectivity index (χ3n) is 2.49. The standard InChI is InChI=1S/C10H12N2O3S2/c1-8-6-9(7-11)10(16-8)17(13,14)12-2-4-15-5-3-12/h6H,2-5H2,1H3. The van der Waals surface area contributed by atoms with E-state index >= 15 is 0 Å². The maximum absolute atomic E-state index is 12.3. The van der Waals surface area contributed by atoms with Gasteiger partial charge < -0.3 is 4.74 Å². The van der Waals surface area contributed by atoms with Crippen LogP contribution in [0.5, 0.6) is 0 Å². The first-order valence-corrected chi connectivity index (χ1v) is 7.40. The van der Waals surface area contributed by atoms with Crippen LogP contribution in [0.4, 0.5) is 0 Å². The van der Waals surface area contributed by atoms with Crippen molar-refractivity contribution in [2.75, 3.05) is 26.3 Å². The van der Waals surface area contributed by atoms with Gasteiger partial charge in [-0.2, -0.15) is 9.57 Å². The number of thiophene rings is 1. The van der Waals surface area contributed by atoms with Crippen LogP contribution in [0, 0.1) is 18.3 Å². The molecule has 0 unspecified atom stereocenters. The Bertz CT molecular complexity index is 551. The highest BCUT2D eigenvalue weighted by atomic mass is 32.2. The van der Waals surface area contributed by atoms with Gasteiger partial charge in [0.25, 0.3) is 10.0 Å². The maximum atomic E-state index is 12.3. The number of morpholine rings is 1. The summed E-state index contributed by atoms with van der Waals surface area (Å²) in [4.78, 5) is 0.827. The van der Waals surface area contributed by atoms with Crippen molar-refractivity contribution in [1.29, 1.82) is 5.26 Å². The van der Waals surface area contributed by atoms with Crippen LogP contribution in [0.2, 0.25) is 0 Å².